The zero-order chi connectivity index (χ0) is 11.5. The van der Waals surface area contributed by atoms with E-state index in [0.29, 0.717) is 16.5 Å². The molecule has 1 unspecified atom stereocenters. The Morgan fingerprint density at radius 3 is 2.75 bits per heavy atom. The number of furan rings is 1. The standard InChI is InChI=1S/C12H11Cl2NO/c13-8-3-4-11(14)10(6-8)12(15)7-9-2-1-5-16-9/h1-6,12H,7,15H2. The smallest absolute Gasteiger partial charge is 0.105 e. The molecule has 0 amide bonds. The maximum absolute atomic E-state index is 6.06. The van der Waals surface area contributed by atoms with Crippen LogP contribution in [0, 0.1) is 0 Å². The van der Waals surface area contributed by atoms with Crippen molar-refractivity contribution in [2.24, 2.45) is 5.73 Å². The van der Waals surface area contributed by atoms with Crippen LogP contribution in [-0.2, 0) is 6.42 Å². The third-order valence-corrected chi connectivity index (χ3v) is 2.94. The molecule has 2 aromatic rings. The van der Waals surface area contributed by atoms with Gasteiger partial charge in [0, 0.05) is 22.5 Å². The van der Waals surface area contributed by atoms with Crippen molar-refractivity contribution < 1.29 is 4.42 Å². The predicted octanol–water partition coefficient (Wildman–Crippen LogP) is 3.83. The molecule has 2 rings (SSSR count). The fraction of sp³-hybridized carbons (Fsp3) is 0.167. The number of benzene rings is 1. The molecular formula is C12H11Cl2NO. The Morgan fingerprint density at radius 1 is 1.25 bits per heavy atom. The summed E-state index contributed by atoms with van der Waals surface area (Å²) < 4.78 is 5.24. The third kappa shape index (κ3) is 2.59. The number of halogens is 2. The highest BCUT2D eigenvalue weighted by atomic mass is 35.5. The summed E-state index contributed by atoms with van der Waals surface area (Å²) >= 11 is 12.0. The molecule has 4 heteroatoms. The molecule has 0 spiro atoms. The van der Waals surface area contributed by atoms with Gasteiger partial charge in [-0.2, -0.15) is 0 Å². The molecule has 0 aliphatic heterocycles. The maximum atomic E-state index is 6.06. The van der Waals surface area contributed by atoms with Crippen LogP contribution in [0.2, 0.25) is 10.0 Å². The summed E-state index contributed by atoms with van der Waals surface area (Å²) in [6.07, 6.45) is 2.23. The Bertz CT molecular complexity index is 468. The summed E-state index contributed by atoms with van der Waals surface area (Å²) in [6, 6.07) is 8.79. The van der Waals surface area contributed by atoms with Crippen molar-refractivity contribution in [1.29, 1.82) is 0 Å². The first kappa shape index (κ1) is 11.5. The molecule has 1 aromatic heterocycles. The second-order valence-corrected chi connectivity index (χ2v) is 4.40. The highest BCUT2D eigenvalue weighted by molar-refractivity contribution is 6.33. The minimum absolute atomic E-state index is 0.211. The van der Waals surface area contributed by atoms with Crippen LogP contribution in [0.25, 0.3) is 0 Å². The van der Waals surface area contributed by atoms with Gasteiger partial charge in [0.2, 0.25) is 0 Å². The van der Waals surface area contributed by atoms with E-state index in [4.69, 9.17) is 33.4 Å². The van der Waals surface area contributed by atoms with Gasteiger partial charge in [0.1, 0.15) is 5.76 Å². The molecule has 1 heterocycles. The molecule has 16 heavy (non-hydrogen) atoms. The molecule has 2 N–H and O–H groups in total. The minimum Gasteiger partial charge on any atom is -0.469 e. The van der Waals surface area contributed by atoms with Gasteiger partial charge in [-0.05, 0) is 35.9 Å². The van der Waals surface area contributed by atoms with Gasteiger partial charge in [0.15, 0.2) is 0 Å². The molecule has 0 aliphatic carbocycles. The fourth-order valence-corrected chi connectivity index (χ4v) is 1.99. The molecule has 2 nitrogen and oxygen atoms in total. The molecule has 1 aromatic carbocycles. The number of hydrogen-bond acceptors (Lipinski definition) is 2. The zero-order valence-corrected chi connectivity index (χ0v) is 10.0. The van der Waals surface area contributed by atoms with E-state index in [1.54, 1.807) is 24.5 Å². The van der Waals surface area contributed by atoms with Gasteiger partial charge >= 0.3 is 0 Å². The molecule has 0 aliphatic rings. The topological polar surface area (TPSA) is 39.2 Å². The lowest BCUT2D eigenvalue weighted by molar-refractivity contribution is 0.488. The van der Waals surface area contributed by atoms with Crippen LogP contribution in [0.5, 0.6) is 0 Å². The number of hydrogen-bond donors (Lipinski definition) is 1. The monoisotopic (exact) mass is 255 g/mol. The Balaban J connectivity index is 2.20. The van der Waals surface area contributed by atoms with E-state index in [1.165, 1.54) is 0 Å². The first-order valence-electron chi connectivity index (χ1n) is 4.89. The van der Waals surface area contributed by atoms with Gasteiger partial charge < -0.3 is 10.2 Å². The van der Waals surface area contributed by atoms with Crippen molar-refractivity contribution in [3.8, 4) is 0 Å². The van der Waals surface area contributed by atoms with Gasteiger partial charge in [-0.1, -0.05) is 23.2 Å². The quantitative estimate of drug-likeness (QED) is 0.906. The van der Waals surface area contributed by atoms with E-state index in [-0.39, 0.29) is 6.04 Å². The number of rotatable bonds is 3. The van der Waals surface area contributed by atoms with Gasteiger partial charge in [0.25, 0.3) is 0 Å². The van der Waals surface area contributed by atoms with E-state index < -0.39 is 0 Å². The van der Waals surface area contributed by atoms with E-state index >= 15 is 0 Å². The largest absolute Gasteiger partial charge is 0.469 e. The van der Waals surface area contributed by atoms with E-state index in [0.717, 1.165) is 11.3 Å². The lowest BCUT2D eigenvalue weighted by Crippen LogP contribution is -2.13. The Labute approximate surface area is 104 Å². The van der Waals surface area contributed by atoms with Crippen LogP contribution < -0.4 is 5.73 Å². The van der Waals surface area contributed by atoms with Gasteiger partial charge in [0.05, 0.1) is 6.26 Å². The average Bonchev–Trinajstić information content (AvgIpc) is 2.74. The minimum atomic E-state index is -0.211. The van der Waals surface area contributed by atoms with Crippen LogP contribution in [0.4, 0.5) is 0 Å². The van der Waals surface area contributed by atoms with Crippen LogP contribution in [0.3, 0.4) is 0 Å². The van der Waals surface area contributed by atoms with Gasteiger partial charge in [-0.25, -0.2) is 0 Å². The summed E-state index contributed by atoms with van der Waals surface area (Å²) in [6.45, 7) is 0. The summed E-state index contributed by atoms with van der Waals surface area (Å²) in [4.78, 5) is 0. The van der Waals surface area contributed by atoms with E-state index in [2.05, 4.69) is 0 Å². The molecule has 0 saturated heterocycles. The fourth-order valence-electron chi connectivity index (χ4n) is 1.55. The van der Waals surface area contributed by atoms with Crippen molar-refractivity contribution >= 4 is 23.2 Å². The Hall–Kier alpha value is -0.960. The normalized spacial score (nSPS) is 12.7. The second-order valence-electron chi connectivity index (χ2n) is 3.56. The molecule has 1 atom stereocenters. The van der Waals surface area contributed by atoms with Gasteiger partial charge in [-0.3, -0.25) is 0 Å². The van der Waals surface area contributed by atoms with Crippen molar-refractivity contribution in [2.75, 3.05) is 0 Å². The van der Waals surface area contributed by atoms with E-state index in [1.807, 2.05) is 12.1 Å². The second kappa shape index (κ2) is 4.91. The summed E-state index contributed by atoms with van der Waals surface area (Å²) in [5.74, 6) is 0.837. The average molecular weight is 256 g/mol. The molecule has 0 saturated carbocycles. The lowest BCUT2D eigenvalue weighted by atomic mass is 10.0. The van der Waals surface area contributed by atoms with Crippen LogP contribution >= 0.6 is 23.2 Å². The first-order valence-corrected chi connectivity index (χ1v) is 5.65. The van der Waals surface area contributed by atoms with Crippen LogP contribution in [0.1, 0.15) is 17.4 Å². The summed E-state index contributed by atoms with van der Waals surface area (Å²) in [7, 11) is 0. The van der Waals surface area contributed by atoms with E-state index in [9.17, 15) is 0 Å². The first-order chi connectivity index (χ1) is 7.66. The maximum Gasteiger partial charge on any atom is 0.105 e. The highest BCUT2D eigenvalue weighted by Crippen LogP contribution is 2.27. The Morgan fingerprint density at radius 2 is 2.06 bits per heavy atom. The van der Waals surface area contributed by atoms with Crippen LogP contribution in [0.15, 0.2) is 41.0 Å². The molecule has 0 radical (unpaired) electrons. The summed E-state index contributed by atoms with van der Waals surface area (Å²) in [5.41, 5.74) is 6.89. The Kier molecular flexibility index (Phi) is 3.54. The highest BCUT2D eigenvalue weighted by Gasteiger charge is 2.12. The lowest BCUT2D eigenvalue weighted by Gasteiger charge is -2.12. The molecule has 84 valence electrons. The van der Waals surface area contributed by atoms with Crippen molar-refractivity contribution in [2.45, 2.75) is 12.5 Å². The van der Waals surface area contributed by atoms with Crippen molar-refractivity contribution in [1.82, 2.24) is 0 Å². The third-order valence-electron chi connectivity index (χ3n) is 2.36. The SMILES string of the molecule is NC(Cc1ccco1)c1cc(Cl)ccc1Cl. The predicted molar refractivity (Wildman–Crippen MR) is 65.8 cm³/mol. The van der Waals surface area contributed by atoms with Crippen molar-refractivity contribution in [3.63, 3.8) is 0 Å². The molecule has 0 fully saturated rings. The number of nitrogens with two attached hydrogens (primary N) is 1. The van der Waals surface area contributed by atoms with Gasteiger partial charge in [-0.15, -0.1) is 0 Å². The molecule has 0 bridgehead atoms. The zero-order valence-electron chi connectivity index (χ0n) is 8.49. The van der Waals surface area contributed by atoms with Crippen molar-refractivity contribution in [3.05, 3.63) is 58.0 Å². The summed E-state index contributed by atoms with van der Waals surface area (Å²) in [5, 5.41) is 1.26. The van der Waals surface area contributed by atoms with Crippen LogP contribution in [-0.4, -0.2) is 0 Å². The molecular weight excluding hydrogens is 245 g/mol.